The SMILES string of the molecule is CCCCCCCCCCCCCCCCC(C(=O)[O-])C1CC(C)(C)NC(C)(C)C1. The van der Waals surface area contributed by atoms with Crippen molar-refractivity contribution in [2.45, 2.75) is 155 Å². The van der Waals surface area contributed by atoms with Crippen LogP contribution >= 0.6 is 0 Å². The summed E-state index contributed by atoms with van der Waals surface area (Å²) in [6.07, 6.45) is 21.3. The second-order valence-corrected chi connectivity index (χ2v) is 11.4. The van der Waals surface area contributed by atoms with Crippen LogP contribution < -0.4 is 10.4 Å². The van der Waals surface area contributed by atoms with Crippen molar-refractivity contribution in [1.29, 1.82) is 0 Å². The van der Waals surface area contributed by atoms with Crippen LogP contribution in [0.15, 0.2) is 0 Å². The predicted molar refractivity (Wildman–Crippen MR) is 127 cm³/mol. The average molecular weight is 423 g/mol. The maximum atomic E-state index is 11.9. The second kappa shape index (κ2) is 14.5. The third kappa shape index (κ3) is 12.3. The van der Waals surface area contributed by atoms with Crippen LogP contribution in [0.2, 0.25) is 0 Å². The lowest BCUT2D eigenvalue weighted by molar-refractivity contribution is -0.314. The number of unbranched alkanes of at least 4 members (excludes halogenated alkanes) is 13. The summed E-state index contributed by atoms with van der Waals surface area (Å²) in [4.78, 5) is 11.9. The minimum absolute atomic E-state index is 0.00434. The Bertz CT molecular complexity index is 442. The number of carboxylic acids is 1. The molecule has 0 spiro atoms. The first kappa shape index (κ1) is 27.5. The van der Waals surface area contributed by atoms with E-state index in [1.807, 2.05) is 0 Å². The largest absolute Gasteiger partial charge is 0.550 e. The summed E-state index contributed by atoms with van der Waals surface area (Å²) in [5.41, 5.74) is -0.00868. The smallest absolute Gasteiger partial charge is 0.0448 e. The molecule has 0 aromatic carbocycles. The van der Waals surface area contributed by atoms with E-state index in [4.69, 9.17) is 0 Å². The first-order valence-corrected chi connectivity index (χ1v) is 13.2. The number of hydrogen-bond donors (Lipinski definition) is 1. The van der Waals surface area contributed by atoms with Crippen molar-refractivity contribution < 1.29 is 9.90 Å². The molecule has 0 bridgehead atoms. The molecule has 1 aliphatic rings. The summed E-state index contributed by atoms with van der Waals surface area (Å²) in [7, 11) is 0. The average Bonchev–Trinajstić information content (AvgIpc) is 2.62. The van der Waals surface area contributed by atoms with Gasteiger partial charge in [-0.1, -0.05) is 96.8 Å². The summed E-state index contributed by atoms with van der Waals surface area (Å²) in [6.45, 7) is 11.1. The van der Waals surface area contributed by atoms with Crippen LogP contribution in [-0.2, 0) is 4.79 Å². The molecule has 3 heteroatoms. The van der Waals surface area contributed by atoms with Crippen LogP contribution in [0.3, 0.4) is 0 Å². The molecule has 0 amide bonds. The standard InChI is InChI=1S/C27H53NO2/c1-6-7-8-9-10-11-12-13-14-15-16-17-18-19-20-24(25(29)30)23-21-26(2,3)28-27(4,5)22-23/h23-24,28H,6-22H2,1-5H3,(H,29,30)/p-1. The van der Waals surface area contributed by atoms with Crippen molar-refractivity contribution >= 4 is 5.97 Å². The molecule has 0 aromatic heterocycles. The Kier molecular flexibility index (Phi) is 13.3. The van der Waals surface area contributed by atoms with E-state index in [2.05, 4.69) is 39.9 Å². The van der Waals surface area contributed by atoms with E-state index in [9.17, 15) is 9.90 Å². The summed E-state index contributed by atoms with van der Waals surface area (Å²) in [6, 6.07) is 0. The maximum Gasteiger partial charge on any atom is 0.0448 e. The van der Waals surface area contributed by atoms with Crippen molar-refractivity contribution in [1.82, 2.24) is 5.32 Å². The van der Waals surface area contributed by atoms with Crippen LogP contribution in [0.1, 0.15) is 144 Å². The lowest BCUT2D eigenvalue weighted by Gasteiger charge is -2.49. The number of carboxylic acid groups (broad SMARTS) is 1. The first-order valence-electron chi connectivity index (χ1n) is 13.2. The van der Waals surface area contributed by atoms with E-state index < -0.39 is 5.97 Å². The van der Waals surface area contributed by atoms with Crippen LogP contribution in [-0.4, -0.2) is 17.0 Å². The monoisotopic (exact) mass is 422 g/mol. The molecule has 1 atom stereocenters. The number of carbonyl (C=O) groups is 1. The Hall–Kier alpha value is -0.570. The minimum atomic E-state index is -0.830. The fourth-order valence-electron chi connectivity index (χ4n) is 5.79. The highest BCUT2D eigenvalue weighted by Crippen LogP contribution is 2.38. The zero-order chi connectivity index (χ0) is 22.5. The molecule has 0 radical (unpaired) electrons. The summed E-state index contributed by atoms with van der Waals surface area (Å²) in [5, 5.41) is 15.5. The van der Waals surface area contributed by atoms with Gasteiger partial charge in [0.15, 0.2) is 0 Å². The Morgan fingerprint density at radius 2 is 1.13 bits per heavy atom. The van der Waals surface area contributed by atoms with Gasteiger partial charge in [-0.05, 0) is 52.9 Å². The molecule has 1 aliphatic heterocycles. The van der Waals surface area contributed by atoms with Gasteiger partial charge in [0.2, 0.25) is 0 Å². The van der Waals surface area contributed by atoms with Crippen molar-refractivity contribution in [3.05, 3.63) is 0 Å². The molecule has 1 unspecified atom stereocenters. The highest BCUT2D eigenvalue weighted by Gasteiger charge is 2.40. The lowest BCUT2D eigenvalue weighted by atomic mass is 9.69. The molecule has 1 fully saturated rings. The van der Waals surface area contributed by atoms with Gasteiger partial charge >= 0.3 is 0 Å². The lowest BCUT2D eigenvalue weighted by Crippen LogP contribution is -2.59. The molecule has 30 heavy (non-hydrogen) atoms. The van der Waals surface area contributed by atoms with Gasteiger partial charge in [-0.15, -0.1) is 0 Å². The van der Waals surface area contributed by atoms with Crippen molar-refractivity contribution in [3.8, 4) is 0 Å². The van der Waals surface area contributed by atoms with Crippen LogP contribution in [0.25, 0.3) is 0 Å². The Labute approximate surface area is 188 Å². The van der Waals surface area contributed by atoms with E-state index >= 15 is 0 Å². The summed E-state index contributed by atoms with van der Waals surface area (Å²) >= 11 is 0. The molecule has 1 N–H and O–H groups in total. The predicted octanol–water partition coefficient (Wildman–Crippen LogP) is 6.78. The zero-order valence-electron chi connectivity index (χ0n) is 21.0. The first-order chi connectivity index (χ1) is 14.2. The molecule has 1 rings (SSSR count). The Morgan fingerprint density at radius 3 is 1.50 bits per heavy atom. The highest BCUT2D eigenvalue weighted by atomic mass is 16.4. The molecule has 178 valence electrons. The molecule has 3 nitrogen and oxygen atoms in total. The minimum Gasteiger partial charge on any atom is -0.550 e. The molecule has 1 saturated heterocycles. The van der Waals surface area contributed by atoms with Crippen molar-refractivity contribution in [3.63, 3.8) is 0 Å². The third-order valence-corrected chi connectivity index (χ3v) is 6.96. The van der Waals surface area contributed by atoms with Crippen LogP contribution in [0.5, 0.6) is 0 Å². The van der Waals surface area contributed by atoms with E-state index in [0.29, 0.717) is 0 Å². The fraction of sp³-hybridized carbons (Fsp3) is 0.963. The number of carbonyl (C=O) groups excluding carboxylic acids is 1. The molecular weight excluding hydrogens is 370 g/mol. The van der Waals surface area contributed by atoms with Crippen molar-refractivity contribution in [2.75, 3.05) is 0 Å². The maximum absolute atomic E-state index is 11.9. The van der Waals surface area contributed by atoms with E-state index in [0.717, 1.165) is 25.7 Å². The topological polar surface area (TPSA) is 52.2 Å². The summed E-state index contributed by atoms with van der Waals surface area (Å²) in [5.74, 6) is -0.894. The summed E-state index contributed by atoms with van der Waals surface area (Å²) < 4.78 is 0. The number of hydrogen-bond acceptors (Lipinski definition) is 3. The molecule has 1 heterocycles. The van der Waals surface area contributed by atoms with Gasteiger partial charge in [0.05, 0.1) is 0 Å². The molecule has 0 aromatic rings. The number of piperidine rings is 1. The van der Waals surface area contributed by atoms with E-state index in [1.165, 1.54) is 83.5 Å². The quantitative estimate of drug-likeness (QED) is 0.263. The Morgan fingerprint density at radius 1 is 0.767 bits per heavy atom. The van der Waals surface area contributed by atoms with Gasteiger partial charge in [-0.3, -0.25) is 0 Å². The molecular formula is C27H52NO2-. The fourth-order valence-corrected chi connectivity index (χ4v) is 5.79. The van der Waals surface area contributed by atoms with Gasteiger partial charge in [0, 0.05) is 23.0 Å². The highest BCUT2D eigenvalue weighted by molar-refractivity contribution is 5.68. The van der Waals surface area contributed by atoms with Gasteiger partial charge < -0.3 is 15.2 Å². The van der Waals surface area contributed by atoms with Crippen LogP contribution in [0, 0.1) is 11.8 Å². The van der Waals surface area contributed by atoms with Gasteiger partial charge in [-0.25, -0.2) is 0 Å². The molecule has 0 saturated carbocycles. The van der Waals surface area contributed by atoms with Gasteiger partial charge in [-0.2, -0.15) is 0 Å². The third-order valence-electron chi connectivity index (χ3n) is 6.96. The normalized spacial score (nSPS) is 19.6. The molecule has 0 aliphatic carbocycles. The number of aliphatic carboxylic acids is 1. The van der Waals surface area contributed by atoms with Crippen LogP contribution in [0.4, 0.5) is 0 Å². The van der Waals surface area contributed by atoms with E-state index in [-0.39, 0.29) is 22.9 Å². The van der Waals surface area contributed by atoms with Gasteiger partial charge in [0.1, 0.15) is 0 Å². The van der Waals surface area contributed by atoms with Crippen molar-refractivity contribution in [2.24, 2.45) is 11.8 Å². The number of nitrogens with one attached hydrogen (secondary N) is 1. The zero-order valence-corrected chi connectivity index (χ0v) is 21.0. The number of rotatable bonds is 17. The van der Waals surface area contributed by atoms with Gasteiger partial charge in [0.25, 0.3) is 0 Å². The van der Waals surface area contributed by atoms with E-state index in [1.54, 1.807) is 0 Å². The second-order valence-electron chi connectivity index (χ2n) is 11.4. The Balaban J connectivity index is 2.10.